The standard InChI is InChI=1S/C16H25N3O/c1-11-5-6-12(2)19(10-11)15-9-13(7-8-14(15)17)16(20)18(3)4/h7-9,11-12H,5-6,10,17H2,1-4H3. The van der Waals surface area contributed by atoms with Crippen molar-refractivity contribution in [3.8, 4) is 0 Å². The third-order valence-electron chi connectivity index (χ3n) is 4.11. The van der Waals surface area contributed by atoms with Crippen LogP contribution in [0, 0.1) is 5.92 Å². The van der Waals surface area contributed by atoms with Crippen molar-refractivity contribution in [2.75, 3.05) is 31.3 Å². The number of carbonyl (C=O) groups excluding carboxylic acids is 1. The van der Waals surface area contributed by atoms with Crippen molar-refractivity contribution >= 4 is 17.3 Å². The fourth-order valence-electron chi connectivity index (χ4n) is 2.81. The normalized spacial score (nSPS) is 22.7. The van der Waals surface area contributed by atoms with Crippen molar-refractivity contribution in [2.24, 2.45) is 5.92 Å². The summed E-state index contributed by atoms with van der Waals surface area (Å²) in [6, 6.07) is 6.06. The molecule has 1 aromatic rings. The van der Waals surface area contributed by atoms with E-state index in [0.717, 1.165) is 17.9 Å². The molecule has 1 aliphatic rings. The van der Waals surface area contributed by atoms with Crippen molar-refractivity contribution in [3.63, 3.8) is 0 Å². The second kappa shape index (κ2) is 5.73. The molecule has 0 bridgehead atoms. The van der Waals surface area contributed by atoms with E-state index in [-0.39, 0.29) is 5.91 Å². The highest BCUT2D eigenvalue weighted by Gasteiger charge is 2.25. The van der Waals surface area contributed by atoms with Gasteiger partial charge in [0.05, 0.1) is 11.4 Å². The number of nitrogen functional groups attached to an aromatic ring is 1. The van der Waals surface area contributed by atoms with E-state index in [2.05, 4.69) is 18.7 Å². The molecule has 0 saturated carbocycles. The Morgan fingerprint density at radius 1 is 1.30 bits per heavy atom. The van der Waals surface area contributed by atoms with Gasteiger partial charge in [0.25, 0.3) is 5.91 Å². The SMILES string of the molecule is CC1CCC(C)N(c2cc(C(=O)N(C)C)ccc2N)C1. The lowest BCUT2D eigenvalue weighted by Crippen LogP contribution is -2.41. The first-order valence-corrected chi connectivity index (χ1v) is 7.28. The van der Waals surface area contributed by atoms with E-state index in [1.165, 1.54) is 12.8 Å². The number of benzene rings is 1. The molecule has 2 N–H and O–H groups in total. The molecule has 1 saturated heterocycles. The molecule has 1 aliphatic heterocycles. The lowest BCUT2D eigenvalue weighted by molar-refractivity contribution is 0.0827. The van der Waals surface area contributed by atoms with E-state index in [4.69, 9.17) is 5.73 Å². The Morgan fingerprint density at radius 3 is 2.65 bits per heavy atom. The van der Waals surface area contributed by atoms with Gasteiger partial charge in [0.2, 0.25) is 0 Å². The van der Waals surface area contributed by atoms with Gasteiger partial charge in [0.15, 0.2) is 0 Å². The van der Waals surface area contributed by atoms with Crippen molar-refractivity contribution in [1.82, 2.24) is 4.90 Å². The second-order valence-corrected chi connectivity index (χ2v) is 6.16. The number of hydrogen-bond acceptors (Lipinski definition) is 3. The first-order valence-electron chi connectivity index (χ1n) is 7.28. The fraction of sp³-hybridized carbons (Fsp3) is 0.562. The summed E-state index contributed by atoms with van der Waals surface area (Å²) in [5, 5.41) is 0. The average molecular weight is 275 g/mol. The van der Waals surface area contributed by atoms with Crippen LogP contribution in [0.2, 0.25) is 0 Å². The molecule has 2 unspecified atom stereocenters. The molecule has 4 heteroatoms. The number of amides is 1. The predicted molar refractivity (Wildman–Crippen MR) is 84.1 cm³/mol. The number of carbonyl (C=O) groups is 1. The summed E-state index contributed by atoms with van der Waals surface area (Å²) in [6.07, 6.45) is 2.43. The Labute approximate surface area is 121 Å². The number of piperidine rings is 1. The summed E-state index contributed by atoms with van der Waals surface area (Å²) in [5.74, 6) is 0.683. The van der Waals surface area contributed by atoms with Crippen LogP contribution in [0.15, 0.2) is 18.2 Å². The van der Waals surface area contributed by atoms with E-state index in [0.29, 0.717) is 17.5 Å². The Kier molecular flexibility index (Phi) is 4.21. The number of anilines is 2. The average Bonchev–Trinajstić information content (AvgIpc) is 2.41. The lowest BCUT2D eigenvalue weighted by atomic mass is 9.94. The van der Waals surface area contributed by atoms with Gasteiger partial charge in [-0.2, -0.15) is 0 Å². The van der Waals surface area contributed by atoms with E-state index in [1.54, 1.807) is 25.1 Å². The summed E-state index contributed by atoms with van der Waals surface area (Å²) in [7, 11) is 3.54. The van der Waals surface area contributed by atoms with Crippen molar-refractivity contribution in [3.05, 3.63) is 23.8 Å². The first-order chi connectivity index (χ1) is 9.40. The van der Waals surface area contributed by atoms with Gasteiger partial charge in [-0.15, -0.1) is 0 Å². The Balaban J connectivity index is 2.35. The van der Waals surface area contributed by atoms with Gasteiger partial charge in [-0.3, -0.25) is 4.79 Å². The van der Waals surface area contributed by atoms with Crippen LogP contribution in [0.25, 0.3) is 0 Å². The third-order valence-corrected chi connectivity index (χ3v) is 4.11. The van der Waals surface area contributed by atoms with Crippen molar-refractivity contribution < 1.29 is 4.79 Å². The molecule has 2 atom stereocenters. The quantitative estimate of drug-likeness (QED) is 0.844. The van der Waals surface area contributed by atoms with Gasteiger partial charge < -0.3 is 15.5 Å². The van der Waals surface area contributed by atoms with Crippen molar-refractivity contribution in [1.29, 1.82) is 0 Å². The van der Waals surface area contributed by atoms with Crippen LogP contribution in [0.4, 0.5) is 11.4 Å². The van der Waals surface area contributed by atoms with Crippen LogP contribution < -0.4 is 10.6 Å². The maximum atomic E-state index is 12.1. The van der Waals surface area contributed by atoms with Crippen LogP contribution in [-0.4, -0.2) is 37.5 Å². The van der Waals surface area contributed by atoms with E-state index in [1.807, 2.05) is 12.1 Å². The van der Waals surface area contributed by atoms with E-state index < -0.39 is 0 Å². The maximum absolute atomic E-state index is 12.1. The third kappa shape index (κ3) is 2.89. The van der Waals surface area contributed by atoms with Crippen LogP contribution in [-0.2, 0) is 0 Å². The molecule has 1 heterocycles. The number of hydrogen-bond donors (Lipinski definition) is 1. The number of nitrogens with two attached hydrogens (primary N) is 1. The highest BCUT2D eigenvalue weighted by molar-refractivity contribution is 5.96. The molecule has 1 amide bonds. The van der Waals surface area contributed by atoms with Gasteiger partial charge in [0, 0.05) is 32.2 Å². The van der Waals surface area contributed by atoms with Crippen LogP contribution in [0.5, 0.6) is 0 Å². The summed E-state index contributed by atoms with van der Waals surface area (Å²) in [6.45, 7) is 5.50. The molecule has 4 nitrogen and oxygen atoms in total. The monoisotopic (exact) mass is 275 g/mol. The largest absolute Gasteiger partial charge is 0.397 e. The Bertz CT molecular complexity index is 498. The van der Waals surface area contributed by atoms with Crippen LogP contribution in [0.3, 0.4) is 0 Å². The van der Waals surface area contributed by atoms with Gasteiger partial charge in [-0.05, 0) is 43.9 Å². The predicted octanol–water partition coefficient (Wildman–Crippen LogP) is 2.60. The van der Waals surface area contributed by atoms with E-state index in [9.17, 15) is 4.79 Å². The molecule has 20 heavy (non-hydrogen) atoms. The minimum atomic E-state index is 0.0176. The fourth-order valence-corrected chi connectivity index (χ4v) is 2.81. The molecule has 0 radical (unpaired) electrons. The molecule has 2 rings (SSSR count). The van der Waals surface area contributed by atoms with E-state index >= 15 is 0 Å². The molecule has 0 aromatic heterocycles. The maximum Gasteiger partial charge on any atom is 0.253 e. The van der Waals surface area contributed by atoms with Gasteiger partial charge in [0.1, 0.15) is 0 Å². The first kappa shape index (κ1) is 14.7. The Morgan fingerprint density at radius 2 is 2.00 bits per heavy atom. The molecular formula is C16H25N3O. The highest BCUT2D eigenvalue weighted by Crippen LogP contribution is 2.32. The van der Waals surface area contributed by atoms with Gasteiger partial charge >= 0.3 is 0 Å². The smallest absolute Gasteiger partial charge is 0.253 e. The van der Waals surface area contributed by atoms with Crippen LogP contribution in [0.1, 0.15) is 37.0 Å². The molecule has 0 spiro atoms. The summed E-state index contributed by atoms with van der Waals surface area (Å²) in [4.78, 5) is 16.0. The topological polar surface area (TPSA) is 49.6 Å². The molecular weight excluding hydrogens is 250 g/mol. The van der Waals surface area contributed by atoms with Crippen LogP contribution >= 0.6 is 0 Å². The van der Waals surface area contributed by atoms with Gasteiger partial charge in [-0.1, -0.05) is 6.92 Å². The van der Waals surface area contributed by atoms with Gasteiger partial charge in [-0.25, -0.2) is 0 Å². The lowest BCUT2D eigenvalue weighted by Gasteiger charge is -2.39. The number of rotatable bonds is 2. The summed E-state index contributed by atoms with van der Waals surface area (Å²) < 4.78 is 0. The zero-order chi connectivity index (χ0) is 14.9. The Hall–Kier alpha value is -1.71. The minimum Gasteiger partial charge on any atom is -0.397 e. The highest BCUT2D eigenvalue weighted by atomic mass is 16.2. The second-order valence-electron chi connectivity index (χ2n) is 6.16. The summed E-state index contributed by atoms with van der Waals surface area (Å²) >= 11 is 0. The van der Waals surface area contributed by atoms with Crippen molar-refractivity contribution in [2.45, 2.75) is 32.7 Å². The zero-order valence-electron chi connectivity index (χ0n) is 12.9. The molecule has 1 fully saturated rings. The summed E-state index contributed by atoms with van der Waals surface area (Å²) in [5.41, 5.74) is 8.58. The molecule has 0 aliphatic carbocycles. The zero-order valence-corrected chi connectivity index (χ0v) is 12.9. The molecule has 110 valence electrons. The molecule has 1 aromatic carbocycles. The minimum absolute atomic E-state index is 0.0176. The number of nitrogens with zero attached hydrogens (tertiary/aromatic N) is 2.